The Bertz CT molecular complexity index is 660. The number of carbonyl (C=O) groups excluding carboxylic acids is 1. The Hall–Kier alpha value is -1.55. The van der Waals surface area contributed by atoms with Crippen LogP contribution >= 0.6 is 0 Å². The molecule has 0 atom stereocenters. The van der Waals surface area contributed by atoms with Gasteiger partial charge in [0.1, 0.15) is 4.90 Å². The van der Waals surface area contributed by atoms with Gasteiger partial charge < -0.3 is 15.1 Å². The first-order valence-electron chi connectivity index (χ1n) is 9.01. The van der Waals surface area contributed by atoms with Crippen LogP contribution in [0.15, 0.2) is 29.4 Å². The van der Waals surface area contributed by atoms with Crippen molar-refractivity contribution in [1.82, 2.24) is 24.4 Å². The van der Waals surface area contributed by atoms with Gasteiger partial charge in [-0.3, -0.25) is 9.78 Å². The maximum atomic E-state index is 12.4. The zero-order valence-electron chi connectivity index (χ0n) is 15.6. The molecular formula is C17H29N5O3S. The predicted octanol–water partition coefficient (Wildman–Crippen LogP) is -0.154. The number of sulfonamides is 1. The second kappa shape index (κ2) is 9.96. The smallest absolute Gasteiger partial charge is 0.244 e. The molecule has 0 saturated carbocycles. The van der Waals surface area contributed by atoms with Crippen molar-refractivity contribution in [2.24, 2.45) is 0 Å². The maximum absolute atomic E-state index is 12.4. The van der Waals surface area contributed by atoms with Crippen molar-refractivity contribution in [1.29, 1.82) is 0 Å². The number of pyridine rings is 1. The SMILES string of the molecule is CCN1CCN(CCCNC(=O)CN(C)S(=O)(=O)c2cccnc2)CC1. The summed E-state index contributed by atoms with van der Waals surface area (Å²) in [7, 11) is -2.29. The third kappa shape index (κ3) is 6.01. The van der Waals surface area contributed by atoms with Gasteiger partial charge in [0.15, 0.2) is 0 Å². The minimum Gasteiger partial charge on any atom is -0.355 e. The minimum absolute atomic E-state index is 0.0847. The van der Waals surface area contributed by atoms with E-state index in [2.05, 4.69) is 27.0 Å². The number of amides is 1. The zero-order valence-corrected chi connectivity index (χ0v) is 16.4. The molecule has 9 heteroatoms. The highest BCUT2D eigenvalue weighted by molar-refractivity contribution is 7.89. The van der Waals surface area contributed by atoms with E-state index in [0.717, 1.165) is 50.0 Å². The molecule has 26 heavy (non-hydrogen) atoms. The second-order valence-electron chi connectivity index (χ2n) is 6.43. The number of hydrogen-bond acceptors (Lipinski definition) is 6. The summed E-state index contributed by atoms with van der Waals surface area (Å²) < 4.78 is 25.7. The first-order chi connectivity index (χ1) is 12.4. The van der Waals surface area contributed by atoms with E-state index < -0.39 is 10.0 Å². The highest BCUT2D eigenvalue weighted by atomic mass is 32.2. The van der Waals surface area contributed by atoms with Crippen molar-refractivity contribution >= 4 is 15.9 Å². The van der Waals surface area contributed by atoms with Crippen LogP contribution in [0.5, 0.6) is 0 Å². The topological polar surface area (TPSA) is 85.9 Å². The molecule has 1 aromatic rings. The first-order valence-corrected chi connectivity index (χ1v) is 10.4. The third-order valence-corrected chi connectivity index (χ3v) is 6.38. The Morgan fingerprint density at radius 2 is 1.96 bits per heavy atom. The number of nitrogens with one attached hydrogen (secondary N) is 1. The molecule has 1 aliphatic heterocycles. The van der Waals surface area contributed by atoms with Crippen LogP contribution < -0.4 is 5.32 Å². The van der Waals surface area contributed by atoms with E-state index in [-0.39, 0.29) is 17.3 Å². The summed E-state index contributed by atoms with van der Waals surface area (Å²) in [6.45, 7) is 8.89. The molecule has 1 aromatic heterocycles. The van der Waals surface area contributed by atoms with Gasteiger partial charge in [-0.25, -0.2) is 8.42 Å². The Morgan fingerprint density at radius 3 is 2.58 bits per heavy atom. The number of likely N-dealkylation sites (N-methyl/N-ethyl adjacent to an activating group) is 2. The molecule has 8 nitrogen and oxygen atoms in total. The molecule has 1 saturated heterocycles. The van der Waals surface area contributed by atoms with Crippen LogP contribution in [-0.2, 0) is 14.8 Å². The minimum atomic E-state index is -3.69. The molecule has 0 bridgehead atoms. The molecule has 0 radical (unpaired) electrons. The molecule has 2 rings (SSSR count). The van der Waals surface area contributed by atoms with Crippen molar-refractivity contribution < 1.29 is 13.2 Å². The highest BCUT2D eigenvalue weighted by Crippen LogP contribution is 2.11. The number of piperazine rings is 1. The Balaban J connectivity index is 1.67. The van der Waals surface area contributed by atoms with Gasteiger partial charge in [-0.2, -0.15) is 4.31 Å². The fourth-order valence-corrected chi connectivity index (χ4v) is 3.97. The van der Waals surface area contributed by atoms with Gasteiger partial charge in [0.2, 0.25) is 15.9 Å². The molecule has 1 amide bonds. The molecule has 1 aliphatic rings. The predicted molar refractivity (Wildman–Crippen MR) is 100 cm³/mol. The quantitative estimate of drug-likeness (QED) is 0.597. The standard InChI is InChI=1S/C17H29N5O3S/c1-3-21-10-12-22(13-11-21)9-5-8-19-17(23)15-20(2)26(24,25)16-6-4-7-18-14-16/h4,6-7,14H,3,5,8-13,15H2,1-2H3,(H,19,23). The fraction of sp³-hybridized carbons (Fsp3) is 0.647. The average Bonchev–Trinajstić information content (AvgIpc) is 2.66. The number of nitrogens with zero attached hydrogens (tertiary/aromatic N) is 4. The number of rotatable bonds is 9. The van der Waals surface area contributed by atoms with Gasteiger partial charge in [0.25, 0.3) is 0 Å². The summed E-state index contributed by atoms with van der Waals surface area (Å²) in [4.78, 5) is 20.7. The van der Waals surface area contributed by atoms with Gasteiger partial charge in [0, 0.05) is 52.2 Å². The van der Waals surface area contributed by atoms with Gasteiger partial charge >= 0.3 is 0 Å². The highest BCUT2D eigenvalue weighted by Gasteiger charge is 2.23. The molecule has 0 aliphatic carbocycles. The van der Waals surface area contributed by atoms with Crippen LogP contribution in [0.2, 0.25) is 0 Å². The zero-order chi connectivity index (χ0) is 19.0. The van der Waals surface area contributed by atoms with Crippen molar-refractivity contribution in [3.63, 3.8) is 0 Å². The number of hydrogen-bond donors (Lipinski definition) is 1. The molecule has 1 N–H and O–H groups in total. The molecule has 0 aromatic carbocycles. The summed E-state index contributed by atoms with van der Waals surface area (Å²) in [6, 6.07) is 3.02. The average molecular weight is 384 g/mol. The monoisotopic (exact) mass is 383 g/mol. The van der Waals surface area contributed by atoms with E-state index >= 15 is 0 Å². The van der Waals surface area contributed by atoms with E-state index in [1.807, 2.05) is 0 Å². The van der Waals surface area contributed by atoms with E-state index in [4.69, 9.17) is 0 Å². The van der Waals surface area contributed by atoms with E-state index in [9.17, 15) is 13.2 Å². The van der Waals surface area contributed by atoms with E-state index in [1.54, 1.807) is 6.07 Å². The van der Waals surface area contributed by atoms with Gasteiger partial charge in [-0.1, -0.05) is 6.92 Å². The summed E-state index contributed by atoms with van der Waals surface area (Å²) in [5, 5.41) is 2.80. The molecule has 1 fully saturated rings. The van der Waals surface area contributed by atoms with Gasteiger partial charge in [-0.05, 0) is 31.6 Å². The summed E-state index contributed by atoms with van der Waals surface area (Å²) >= 11 is 0. The summed E-state index contributed by atoms with van der Waals surface area (Å²) in [5.41, 5.74) is 0. The van der Waals surface area contributed by atoms with E-state index in [1.165, 1.54) is 25.5 Å². The normalized spacial score (nSPS) is 16.7. The number of aromatic nitrogens is 1. The van der Waals surface area contributed by atoms with Gasteiger partial charge in [-0.15, -0.1) is 0 Å². The lowest BCUT2D eigenvalue weighted by Crippen LogP contribution is -2.46. The Kier molecular flexibility index (Phi) is 7.95. The van der Waals surface area contributed by atoms with Crippen molar-refractivity contribution in [3.8, 4) is 0 Å². The first kappa shape index (κ1) is 20.8. The Morgan fingerprint density at radius 1 is 1.27 bits per heavy atom. The van der Waals surface area contributed by atoms with Crippen LogP contribution in [0.25, 0.3) is 0 Å². The molecule has 2 heterocycles. The summed E-state index contributed by atoms with van der Waals surface area (Å²) in [5.74, 6) is -0.296. The molecule has 0 unspecified atom stereocenters. The van der Waals surface area contributed by atoms with Gasteiger partial charge in [0.05, 0.1) is 6.54 Å². The lowest BCUT2D eigenvalue weighted by molar-refractivity contribution is -0.121. The second-order valence-corrected chi connectivity index (χ2v) is 8.47. The largest absolute Gasteiger partial charge is 0.355 e. The van der Waals surface area contributed by atoms with Crippen LogP contribution in [0.1, 0.15) is 13.3 Å². The maximum Gasteiger partial charge on any atom is 0.244 e. The lowest BCUT2D eigenvalue weighted by Gasteiger charge is -2.33. The van der Waals surface area contributed by atoms with Crippen LogP contribution in [0.4, 0.5) is 0 Å². The summed E-state index contributed by atoms with van der Waals surface area (Å²) in [6.07, 6.45) is 3.65. The van der Waals surface area contributed by atoms with Crippen molar-refractivity contribution in [2.75, 3.05) is 59.4 Å². The van der Waals surface area contributed by atoms with Crippen molar-refractivity contribution in [2.45, 2.75) is 18.2 Å². The molecule has 146 valence electrons. The van der Waals surface area contributed by atoms with Crippen molar-refractivity contribution in [3.05, 3.63) is 24.5 Å². The fourth-order valence-electron chi connectivity index (χ4n) is 2.88. The van der Waals surface area contributed by atoms with E-state index in [0.29, 0.717) is 6.54 Å². The Labute approximate surface area is 156 Å². The van der Waals surface area contributed by atoms with Crippen LogP contribution in [0, 0.1) is 0 Å². The lowest BCUT2D eigenvalue weighted by atomic mass is 10.3. The third-order valence-electron chi connectivity index (χ3n) is 4.59. The number of carbonyl (C=O) groups is 1. The van der Waals surface area contributed by atoms with Crippen LogP contribution in [0.3, 0.4) is 0 Å². The molecular weight excluding hydrogens is 354 g/mol. The molecule has 0 spiro atoms. The van der Waals surface area contributed by atoms with Crippen LogP contribution in [-0.4, -0.2) is 92.8 Å².